The van der Waals surface area contributed by atoms with Crippen LogP contribution < -0.4 is 5.32 Å². The molecule has 5 heteroatoms. The van der Waals surface area contributed by atoms with E-state index < -0.39 is 12.2 Å². The van der Waals surface area contributed by atoms with Gasteiger partial charge in [-0.05, 0) is 50.5 Å². The Balaban J connectivity index is 1.83. The number of unbranched alkanes of at least 4 members (excludes halogenated alkanes) is 1. The Bertz CT molecular complexity index is 688. The Kier molecular flexibility index (Phi) is 11.6. The van der Waals surface area contributed by atoms with Crippen LogP contribution in [0.5, 0.6) is 0 Å². The smallest absolute Gasteiger partial charge is 0.219 e. The number of benzene rings is 1. The molecule has 1 aromatic rings. The highest BCUT2D eigenvalue weighted by molar-refractivity contribution is 5.75. The maximum atomic E-state index is 11.5. The molecule has 0 unspecified atom stereocenters. The first-order valence-corrected chi connectivity index (χ1v) is 11.6. The Labute approximate surface area is 187 Å². The number of carbonyl (C=O) groups excluding carboxylic acids is 1. The van der Waals surface area contributed by atoms with Crippen LogP contribution in [-0.2, 0) is 16.0 Å². The second-order valence-corrected chi connectivity index (χ2v) is 8.35. The van der Waals surface area contributed by atoms with Gasteiger partial charge in [0.15, 0.2) is 0 Å². The van der Waals surface area contributed by atoms with Gasteiger partial charge >= 0.3 is 0 Å². The molecule has 0 radical (unpaired) electrons. The van der Waals surface area contributed by atoms with Gasteiger partial charge in [-0.3, -0.25) is 4.79 Å². The van der Waals surface area contributed by atoms with Crippen molar-refractivity contribution in [2.24, 2.45) is 11.8 Å². The van der Waals surface area contributed by atoms with E-state index in [4.69, 9.17) is 4.74 Å². The molecule has 1 aliphatic rings. The number of ether oxygens (including phenoxy) is 1. The minimum absolute atomic E-state index is 0.00230. The zero-order valence-electron chi connectivity index (χ0n) is 19.0. The zero-order valence-corrected chi connectivity index (χ0v) is 19.0. The van der Waals surface area contributed by atoms with Crippen molar-refractivity contribution in [1.29, 1.82) is 0 Å². The van der Waals surface area contributed by atoms with Gasteiger partial charge in [-0.25, -0.2) is 0 Å². The van der Waals surface area contributed by atoms with E-state index in [0.29, 0.717) is 19.4 Å². The van der Waals surface area contributed by atoms with Gasteiger partial charge in [0.1, 0.15) is 0 Å². The highest BCUT2D eigenvalue weighted by Crippen LogP contribution is 2.36. The van der Waals surface area contributed by atoms with Crippen LogP contribution in [0.1, 0.15) is 51.0 Å². The van der Waals surface area contributed by atoms with Gasteiger partial charge in [0.05, 0.1) is 18.3 Å². The van der Waals surface area contributed by atoms with E-state index in [2.05, 4.69) is 29.6 Å². The normalized spacial score (nSPS) is 24.8. The van der Waals surface area contributed by atoms with E-state index in [0.717, 1.165) is 32.1 Å². The highest BCUT2D eigenvalue weighted by Gasteiger charge is 2.39. The van der Waals surface area contributed by atoms with Crippen LogP contribution in [0, 0.1) is 11.8 Å². The molecule has 1 aliphatic carbocycles. The van der Waals surface area contributed by atoms with Crippen LogP contribution in [-0.4, -0.2) is 48.1 Å². The topological polar surface area (TPSA) is 78.8 Å². The van der Waals surface area contributed by atoms with Gasteiger partial charge in [-0.1, -0.05) is 54.6 Å². The van der Waals surface area contributed by atoms with Gasteiger partial charge in [-0.15, -0.1) is 0 Å². The van der Waals surface area contributed by atoms with Gasteiger partial charge < -0.3 is 20.3 Å². The lowest BCUT2D eigenvalue weighted by molar-refractivity contribution is -0.121. The van der Waals surface area contributed by atoms with E-state index in [1.54, 1.807) is 7.11 Å². The number of hydrogen-bond acceptors (Lipinski definition) is 4. The third-order valence-electron chi connectivity index (χ3n) is 6.05. The number of methoxy groups -OCH3 is 1. The number of allylic oxidation sites excluding steroid dienone is 2. The highest BCUT2D eigenvalue weighted by atomic mass is 16.5. The summed E-state index contributed by atoms with van der Waals surface area (Å²) >= 11 is 0. The molecule has 0 bridgehead atoms. The van der Waals surface area contributed by atoms with Gasteiger partial charge in [-0.2, -0.15) is 0 Å². The third kappa shape index (κ3) is 8.98. The number of hydrogen-bond donors (Lipinski definition) is 3. The number of aryl methyl sites for hydroxylation is 1. The molecular formula is C26H39NO4. The van der Waals surface area contributed by atoms with E-state index >= 15 is 0 Å². The molecule has 1 saturated carbocycles. The molecule has 0 aromatic heterocycles. The summed E-state index contributed by atoms with van der Waals surface area (Å²) in [5, 5.41) is 23.7. The standard InChI is InChI=1S/C26H39NO4/c1-3-27-26(30)14-10-5-4-9-13-22-23(25(29)19-24(22)28)18-17-21(31-2)16-15-20-11-7-6-8-12-20/h4,6-9,11-12,17-18,21-25,28-29H,3,5,10,13-16,19H2,1-2H3,(H,27,30)/b9-4-,18-17+/t21-,22+,23+,24-,25+/m0/s1. The Morgan fingerprint density at radius 3 is 2.71 bits per heavy atom. The molecule has 5 nitrogen and oxygen atoms in total. The molecule has 1 amide bonds. The van der Waals surface area contributed by atoms with E-state index in [1.807, 2.05) is 37.3 Å². The molecule has 1 fully saturated rings. The predicted molar refractivity (Wildman–Crippen MR) is 125 cm³/mol. The van der Waals surface area contributed by atoms with Crippen LogP contribution in [0.15, 0.2) is 54.6 Å². The van der Waals surface area contributed by atoms with Gasteiger partial charge in [0.25, 0.3) is 0 Å². The van der Waals surface area contributed by atoms with Crippen molar-refractivity contribution in [1.82, 2.24) is 5.32 Å². The van der Waals surface area contributed by atoms with E-state index in [-0.39, 0.29) is 23.8 Å². The summed E-state index contributed by atoms with van der Waals surface area (Å²) in [5.41, 5.74) is 1.28. The van der Waals surface area contributed by atoms with Gasteiger partial charge in [0, 0.05) is 32.4 Å². The average Bonchev–Trinajstić information content (AvgIpc) is 3.04. The number of rotatable bonds is 13. The first-order valence-electron chi connectivity index (χ1n) is 11.6. The monoisotopic (exact) mass is 429 g/mol. The molecule has 0 saturated heterocycles. The van der Waals surface area contributed by atoms with Crippen LogP contribution in [0.4, 0.5) is 0 Å². The molecule has 0 aliphatic heterocycles. The van der Waals surface area contributed by atoms with E-state index in [9.17, 15) is 15.0 Å². The molecule has 0 spiro atoms. The van der Waals surface area contributed by atoms with Crippen molar-refractivity contribution in [3.05, 3.63) is 60.2 Å². The number of amides is 1. The Hall–Kier alpha value is -1.95. The van der Waals surface area contributed by atoms with Gasteiger partial charge in [0.2, 0.25) is 5.91 Å². The van der Waals surface area contributed by atoms with Crippen molar-refractivity contribution in [3.8, 4) is 0 Å². The maximum absolute atomic E-state index is 11.5. The SMILES string of the molecule is CCNC(=O)CCC/C=C\C[C@@H]1[C@@H](/C=C/[C@H](CCc2ccccc2)OC)[C@H](O)C[C@@H]1O. The molecule has 1 aromatic carbocycles. The van der Waals surface area contributed by atoms with Crippen molar-refractivity contribution in [2.75, 3.05) is 13.7 Å². The fourth-order valence-electron chi connectivity index (χ4n) is 4.24. The van der Waals surface area contributed by atoms with Crippen molar-refractivity contribution >= 4 is 5.91 Å². The Morgan fingerprint density at radius 2 is 2.00 bits per heavy atom. The summed E-state index contributed by atoms with van der Waals surface area (Å²) in [5.74, 6) is 0.0114. The maximum Gasteiger partial charge on any atom is 0.219 e. The lowest BCUT2D eigenvalue weighted by atomic mass is 9.89. The van der Waals surface area contributed by atoms with Crippen LogP contribution in [0.25, 0.3) is 0 Å². The first kappa shape index (κ1) is 25.3. The Morgan fingerprint density at radius 1 is 1.23 bits per heavy atom. The van der Waals surface area contributed by atoms with Crippen molar-refractivity contribution in [3.63, 3.8) is 0 Å². The molecular weight excluding hydrogens is 390 g/mol. The predicted octanol–water partition coefficient (Wildman–Crippen LogP) is 3.80. The summed E-state index contributed by atoms with van der Waals surface area (Å²) in [6, 6.07) is 10.3. The summed E-state index contributed by atoms with van der Waals surface area (Å²) in [7, 11) is 1.71. The number of aliphatic hydroxyl groups excluding tert-OH is 2. The zero-order chi connectivity index (χ0) is 22.5. The third-order valence-corrected chi connectivity index (χ3v) is 6.05. The van der Waals surface area contributed by atoms with Crippen molar-refractivity contribution in [2.45, 2.75) is 70.2 Å². The minimum Gasteiger partial charge on any atom is -0.393 e. The summed E-state index contributed by atoms with van der Waals surface area (Å²) in [6.45, 7) is 2.59. The summed E-state index contributed by atoms with van der Waals surface area (Å²) in [4.78, 5) is 11.5. The minimum atomic E-state index is -0.533. The molecule has 0 heterocycles. The molecule has 5 atom stereocenters. The second kappa shape index (κ2) is 14.2. The fraction of sp³-hybridized carbons (Fsp3) is 0.577. The van der Waals surface area contributed by atoms with E-state index in [1.165, 1.54) is 5.56 Å². The second-order valence-electron chi connectivity index (χ2n) is 8.35. The molecule has 172 valence electrons. The molecule has 3 N–H and O–H groups in total. The summed E-state index contributed by atoms with van der Waals surface area (Å²) < 4.78 is 5.61. The first-order chi connectivity index (χ1) is 15.0. The molecule has 2 rings (SSSR count). The lowest BCUT2D eigenvalue weighted by Crippen LogP contribution is -2.21. The number of carbonyl (C=O) groups is 1. The van der Waals surface area contributed by atoms with Crippen LogP contribution >= 0.6 is 0 Å². The van der Waals surface area contributed by atoms with Crippen LogP contribution in [0.3, 0.4) is 0 Å². The molecule has 31 heavy (non-hydrogen) atoms. The van der Waals surface area contributed by atoms with Crippen LogP contribution in [0.2, 0.25) is 0 Å². The van der Waals surface area contributed by atoms with Crippen molar-refractivity contribution < 1.29 is 19.7 Å². The quantitative estimate of drug-likeness (QED) is 0.329. The lowest BCUT2D eigenvalue weighted by Gasteiger charge is -2.20. The summed E-state index contributed by atoms with van der Waals surface area (Å²) in [6.07, 6.45) is 12.3. The number of nitrogens with one attached hydrogen (secondary N) is 1. The average molecular weight is 430 g/mol. The largest absolute Gasteiger partial charge is 0.393 e. The fourth-order valence-corrected chi connectivity index (χ4v) is 4.24. The number of aliphatic hydroxyl groups is 2.